The zero-order valence-corrected chi connectivity index (χ0v) is 34.0. The topological polar surface area (TPSA) is 0 Å². The average molecular weight is 752 g/mol. The molecule has 0 aromatic heterocycles. The summed E-state index contributed by atoms with van der Waals surface area (Å²) in [5.74, 6) is -1.32. The van der Waals surface area contributed by atoms with Crippen molar-refractivity contribution < 1.29 is 15.6 Å². The molecule has 2 aliphatic rings. The van der Waals surface area contributed by atoms with E-state index in [9.17, 15) is 0 Å². The molecule has 7 rings (SSSR count). The van der Waals surface area contributed by atoms with Crippen molar-refractivity contribution in [2.24, 2.45) is 5.92 Å². The van der Waals surface area contributed by atoms with Gasteiger partial charge in [0.15, 0.2) is 0 Å². The first kappa shape index (κ1) is 33.0. The van der Waals surface area contributed by atoms with Gasteiger partial charge in [-0.25, -0.2) is 0 Å². The Morgan fingerprint density at radius 1 is 0.638 bits per heavy atom. The Labute approximate surface area is 290 Å². The molecule has 0 radical (unpaired) electrons. The van der Waals surface area contributed by atoms with E-state index < -0.39 is 21.5 Å². The van der Waals surface area contributed by atoms with Crippen LogP contribution >= 0.6 is 17.0 Å². The summed E-state index contributed by atoms with van der Waals surface area (Å²) in [6, 6.07) is 33.8. The Hall–Kier alpha value is -2.48. The molecule has 4 heteroatoms. The summed E-state index contributed by atoms with van der Waals surface area (Å²) >= 11 is -4.87. The van der Waals surface area contributed by atoms with Gasteiger partial charge in [-0.2, -0.15) is 0 Å². The van der Waals surface area contributed by atoms with Crippen molar-refractivity contribution in [3.8, 4) is 22.3 Å². The fraction of sp³-hybridized carbons (Fsp3) is 0.256. The summed E-state index contributed by atoms with van der Waals surface area (Å²) in [4.78, 5) is 0. The van der Waals surface area contributed by atoms with Crippen molar-refractivity contribution >= 4 is 45.9 Å². The molecule has 0 spiro atoms. The van der Waals surface area contributed by atoms with E-state index in [0.717, 1.165) is 0 Å². The number of allylic oxidation sites excluding steroid dienone is 2. The number of halogens is 2. The van der Waals surface area contributed by atoms with Crippen molar-refractivity contribution in [2.75, 3.05) is 0 Å². The fourth-order valence-corrected chi connectivity index (χ4v) is 41.0. The Balaban J connectivity index is 1.47. The molecule has 0 amide bonds. The third-order valence-electron chi connectivity index (χ3n) is 11.5. The van der Waals surface area contributed by atoms with Crippen LogP contribution in [0.25, 0.3) is 45.2 Å². The molecule has 0 saturated carbocycles. The second-order valence-corrected chi connectivity index (χ2v) is 57.3. The second-order valence-electron chi connectivity index (χ2n) is 14.8. The van der Waals surface area contributed by atoms with E-state index in [0.29, 0.717) is 5.92 Å². The molecule has 0 heterocycles. The molecule has 0 nitrogen and oxygen atoms in total. The molecule has 2 aliphatic carbocycles. The van der Waals surface area contributed by atoms with Crippen LogP contribution in [-0.2, 0) is 15.6 Å². The Bertz CT molecular complexity index is 2150. The summed E-state index contributed by atoms with van der Waals surface area (Å²) in [7, 11) is 17.4. The maximum absolute atomic E-state index is 8.70. The van der Waals surface area contributed by atoms with E-state index in [4.69, 9.17) is 17.0 Å². The molecule has 0 aliphatic heterocycles. The van der Waals surface area contributed by atoms with E-state index in [2.05, 4.69) is 158 Å². The summed E-state index contributed by atoms with van der Waals surface area (Å²) < 4.78 is 0.146. The minimum absolute atomic E-state index is 0.0698. The molecule has 2 atom stereocenters. The fourth-order valence-electron chi connectivity index (χ4n) is 8.76. The first-order valence-electron chi connectivity index (χ1n) is 17.1. The number of benzene rings is 5. The standard InChI is InChI=1S/C22H19.C19H19.C2H7Si.2ClH.Zr/c1-15(2)18-13-17-9-6-12-21(22(17)14-18)20-11-5-8-16-7-3-4-10-19(16)20;1-12-9-18-14(3)6-8-17(19(18)10-12)16-7-5-13(2)15(4)11-16;1-3-2;;;/h3-15H,1-2H3;5-11H,1-4H3;3H,1-2H3;2*1H;/q;;;;;+2/p-2. The van der Waals surface area contributed by atoms with Gasteiger partial charge in [0.1, 0.15) is 0 Å². The van der Waals surface area contributed by atoms with Gasteiger partial charge in [-0.15, -0.1) is 0 Å². The molecular weight excluding hydrogens is 707 g/mol. The van der Waals surface area contributed by atoms with Gasteiger partial charge in [0, 0.05) is 0 Å². The molecule has 5 aromatic rings. The number of rotatable bonds is 6. The first-order chi connectivity index (χ1) is 22.3. The Morgan fingerprint density at radius 3 is 2.04 bits per heavy atom. The number of hydrogen-bond acceptors (Lipinski definition) is 0. The SMILES string of the molecule is CC1=Cc2c(-c3ccc(C)c(C)c3)ccc(C)c2[CH]1[Zr]([Cl])([Cl])([CH]1C(C(C)C)=Cc2c(-c3cccc4ccccc34)cccc21)[SiH](C)C. The third-order valence-corrected chi connectivity index (χ3v) is 63.4. The third kappa shape index (κ3) is 5.00. The van der Waals surface area contributed by atoms with Crippen LogP contribution in [0.2, 0.25) is 13.1 Å². The number of hydrogen-bond donors (Lipinski definition) is 0. The van der Waals surface area contributed by atoms with Gasteiger partial charge in [0.2, 0.25) is 0 Å². The van der Waals surface area contributed by atoms with Crippen LogP contribution in [0.15, 0.2) is 102 Å². The van der Waals surface area contributed by atoms with Crippen LogP contribution in [0, 0.1) is 26.7 Å². The van der Waals surface area contributed by atoms with Gasteiger partial charge in [-0.1, -0.05) is 0 Å². The zero-order chi connectivity index (χ0) is 33.4. The number of aryl methyl sites for hydroxylation is 3. The molecule has 0 fully saturated rings. The Morgan fingerprint density at radius 2 is 1.32 bits per heavy atom. The van der Waals surface area contributed by atoms with Crippen molar-refractivity contribution in [1.29, 1.82) is 0 Å². The van der Waals surface area contributed by atoms with E-state index in [1.54, 1.807) is 0 Å². The summed E-state index contributed by atoms with van der Waals surface area (Å²) in [5, 5.41) is 2.54. The maximum atomic E-state index is 8.70. The van der Waals surface area contributed by atoms with E-state index in [1.807, 2.05) is 0 Å². The summed E-state index contributed by atoms with van der Waals surface area (Å²) in [5.41, 5.74) is 17.2. The zero-order valence-electron chi connectivity index (χ0n) is 28.9. The first-order valence-corrected chi connectivity index (χ1v) is 33.4. The monoisotopic (exact) mass is 749 g/mol. The second kappa shape index (κ2) is 11.8. The van der Waals surface area contributed by atoms with Gasteiger partial charge in [-0.05, 0) is 0 Å². The van der Waals surface area contributed by atoms with Gasteiger partial charge >= 0.3 is 293 Å². The Kier molecular flexibility index (Phi) is 8.32. The van der Waals surface area contributed by atoms with Gasteiger partial charge < -0.3 is 0 Å². The van der Waals surface area contributed by atoms with Crippen molar-refractivity contribution in [1.82, 2.24) is 0 Å². The van der Waals surface area contributed by atoms with Crippen LogP contribution in [-0.4, -0.2) is 5.92 Å². The van der Waals surface area contributed by atoms with Crippen molar-refractivity contribution in [3.05, 3.63) is 141 Å². The molecule has 2 unspecified atom stereocenters. The van der Waals surface area contributed by atoms with Crippen LogP contribution in [0.5, 0.6) is 0 Å². The van der Waals surface area contributed by atoms with E-state index >= 15 is 0 Å². The predicted molar refractivity (Wildman–Crippen MR) is 208 cm³/mol. The van der Waals surface area contributed by atoms with Crippen LogP contribution in [0.3, 0.4) is 0 Å². The van der Waals surface area contributed by atoms with Gasteiger partial charge in [0.05, 0.1) is 0 Å². The molecule has 47 heavy (non-hydrogen) atoms. The summed E-state index contributed by atoms with van der Waals surface area (Å²) in [6.07, 6.45) is 4.93. The molecule has 239 valence electrons. The van der Waals surface area contributed by atoms with Crippen molar-refractivity contribution in [3.63, 3.8) is 0 Å². The van der Waals surface area contributed by atoms with Crippen LogP contribution in [0.1, 0.15) is 67.0 Å². The van der Waals surface area contributed by atoms with Crippen LogP contribution < -0.4 is 0 Å². The van der Waals surface area contributed by atoms with Gasteiger partial charge in [-0.3, -0.25) is 0 Å². The van der Waals surface area contributed by atoms with Gasteiger partial charge in [0.25, 0.3) is 0 Å². The van der Waals surface area contributed by atoms with E-state index in [-0.39, 0.29) is 7.25 Å². The predicted octanol–water partition coefficient (Wildman–Crippen LogP) is 13.3. The van der Waals surface area contributed by atoms with E-state index in [1.165, 1.54) is 83.1 Å². The minimum atomic E-state index is -4.87. The average Bonchev–Trinajstić information content (AvgIpc) is 3.63. The molecule has 0 N–H and O–H groups in total. The molecule has 0 bridgehead atoms. The quantitative estimate of drug-likeness (QED) is 0.152. The summed E-state index contributed by atoms with van der Waals surface area (Å²) in [6.45, 7) is 18.5. The molecule has 0 saturated heterocycles. The molecule has 5 aromatic carbocycles. The number of fused-ring (bicyclic) bond motifs is 3. The normalized spacial score (nSPS) is 18.3. The molecular formula is C43H45Cl2SiZr. The van der Waals surface area contributed by atoms with Crippen molar-refractivity contribution in [2.45, 2.75) is 61.9 Å². The van der Waals surface area contributed by atoms with Crippen LogP contribution in [0.4, 0.5) is 0 Å².